The summed E-state index contributed by atoms with van der Waals surface area (Å²) in [6, 6.07) is 8.02. The maximum atomic E-state index is 11.7. The zero-order chi connectivity index (χ0) is 13.7. The Balaban J connectivity index is 1.86. The molecular weight excluding hydrogens is 280 g/mol. The number of nitrogens with zero attached hydrogens (tertiary/aromatic N) is 1. The molecule has 19 heavy (non-hydrogen) atoms. The van der Waals surface area contributed by atoms with Crippen LogP contribution < -0.4 is 5.32 Å². The van der Waals surface area contributed by atoms with Gasteiger partial charge in [0.15, 0.2) is 4.34 Å². The molecule has 1 N–H and O–H groups in total. The van der Waals surface area contributed by atoms with Gasteiger partial charge in [0.2, 0.25) is 5.91 Å². The van der Waals surface area contributed by atoms with Crippen LogP contribution in [0.4, 0.5) is 0 Å². The number of benzene rings is 1. The molecule has 4 nitrogen and oxygen atoms in total. The fourth-order valence-electron chi connectivity index (χ4n) is 1.65. The number of methoxy groups -OCH3 is 1. The smallest absolute Gasteiger partial charge is 0.230 e. The van der Waals surface area contributed by atoms with Crippen molar-refractivity contribution in [2.45, 2.75) is 17.3 Å². The average molecular weight is 296 g/mol. The van der Waals surface area contributed by atoms with E-state index >= 15 is 0 Å². The second-order valence-electron chi connectivity index (χ2n) is 4.16. The first-order valence-electron chi connectivity index (χ1n) is 5.95. The van der Waals surface area contributed by atoms with Crippen LogP contribution in [0.1, 0.15) is 6.92 Å². The van der Waals surface area contributed by atoms with Crippen LogP contribution in [0.3, 0.4) is 0 Å². The molecule has 0 spiro atoms. The predicted octanol–water partition coefficient (Wildman–Crippen LogP) is 2.54. The third-order valence-electron chi connectivity index (χ3n) is 2.43. The molecule has 0 saturated carbocycles. The summed E-state index contributed by atoms with van der Waals surface area (Å²) in [6.07, 6.45) is 0. The molecule has 0 aliphatic carbocycles. The number of ether oxygens (including phenoxy) is 1. The van der Waals surface area contributed by atoms with Gasteiger partial charge in [-0.05, 0) is 19.1 Å². The van der Waals surface area contributed by atoms with E-state index < -0.39 is 0 Å². The largest absolute Gasteiger partial charge is 0.383 e. The molecule has 0 fully saturated rings. The number of nitrogens with one attached hydrogen (secondary N) is 1. The molecule has 0 bridgehead atoms. The zero-order valence-corrected chi connectivity index (χ0v) is 12.5. The number of hydrogen-bond acceptors (Lipinski definition) is 5. The number of para-hydroxylation sites is 1. The minimum atomic E-state index is 0.00815. The molecule has 0 radical (unpaired) electrons. The van der Waals surface area contributed by atoms with Crippen LogP contribution in [0, 0.1) is 0 Å². The summed E-state index contributed by atoms with van der Waals surface area (Å²) in [7, 11) is 1.62. The highest BCUT2D eigenvalue weighted by Gasteiger charge is 2.09. The quantitative estimate of drug-likeness (QED) is 0.832. The van der Waals surface area contributed by atoms with Crippen molar-refractivity contribution in [3.8, 4) is 0 Å². The van der Waals surface area contributed by atoms with Crippen LogP contribution >= 0.6 is 23.1 Å². The normalized spacial score (nSPS) is 12.5. The molecule has 0 aliphatic rings. The van der Waals surface area contributed by atoms with E-state index in [4.69, 9.17) is 4.74 Å². The van der Waals surface area contributed by atoms with E-state index in [0.717, 1.165) is 14.6 Å². The van der Waals surface area contributed by atoms with Crippen LogP contribution in [-0.2, 0) is 9.53 Å². The highest BCUT2D eigenvalue weighted by Crippen LogP contribution is 2.28. The lowest BCUT2D eigenvalue weighted by atomic mass is 10.3. The first kappa shape index (κ1) is 14.3. The Morgan fingerprint density at radius 2 is 2.32 bits per heavy atom. The summed E-state index contributed by atoms with van der Waals surface area (Å²) >= 11 is 3.08. The van der Waals surface area contributed by atoms with Gasteiger partial charge >= 0.3 is 0 Å². The van der Waals surface area contributed by atoms with Gasteiger partial charge in [-0.3, -0.25) is 4.79 Å². The molecule has 0 saturated heterocycles. The number of carbonyl (C=O) groups excluding carboxylic acids is 1. The molecule has 1 unspecified atom stereocenters. The van der Waals surface area contributed by atoms with E-state index in [1.165, 1.54) is 11.8 Å². The molecular formula is C13H16N2O2S2. The van der Waals surface area contributed by atoms with E-state index in [1.54, 1.807) is 18.4 Å². The number of hydrogen-bond donors (Lipinski definition) is 1. The molecule has 0 aliphatic heterocycles. The first-order chi connectivity index (χ1) is 9.19. The molecule has 102 valence electrons. The molecule has 1 heterocycles. The first-order valence-corrected chi connectivity index (χ1v) is 7.76. The Morgan fingerprint density at radius 3 is 3.05 bits per heavy atom. The highest BCUT2D eigenvalue weighted by molar-refractivity contribution is 8.01. The molecule has 1 atom stereocenters. The van der Waals surface area contributed by atoms with Gasteiger partial charge in [0, 0.05) is 13.2 Å². The van der Waals surface area contributed by atoms with Crippen molar-refractivity contribution in [2.24, 2.45) is 0 Å². The van der Waals surface area contributed by atoms with Crippen molar-refractivity contribution in [1.29, 1.82) is 0 Å². The maximum absolute atomic E-state index is 11.7. The summed E-state index contributed by atoms with van der Waals surface area (Å²) in [5, 5.41) is 2.88. The van der Waals surface area contributed by atoms with E-state index in [0.29, 0.717) is 12.4 Å². The number of rotatable bonds is 6. The molecule has 1 aromatic carbocycles. The SMILES string of the molecule is COCC(C)NC(=O)CSc1nc2ccccc2s1. The number of amides is 1. The van der Waals surface area contributed by atoms with Crippen molar-refractivity contribution < 1.29 is 9.53 Å². The monoisotopic (exact) mass is 296 g/mol. The van der Waals surface area contributed by atoms with Gasteiger partial charge in [0.05, 0.1) is 22.6 Å². The third kappa shape index (κ3) is 4.19. The van der Waals surface area contributed by atoms with Crippen molar-refractivity contribution in [2.75, 3.05) is 19.5 Å². The van der Waals surface area contributed by atoms with Crippen molar-refractivity contribution in [1.82, 2.24) is 10.3 Å². The summed E-state index contributed by atoms with van der Waals surface area (Å²) in [5.41, 5.74) is 0.989. The van der Waals surface area contributed by atoms with Crippen LogP contribution in [0.5, 0.6) is 0 Å². The van der Waals surface area contributed by atoms with Crippen molar-refractivity contribution in [3.63, 3.8) is 0 Å². The number of fused-ring (bicyclic) bond motifs is 1. The topological polar surface area (TPSA) is 51.2 Å². The van der Waals surface area contributed by atoms with Gasteiger partial charge in [-0.1, -0.05) is 23.9 Å². The van der Waals surface area contributed by atoms with Gasteiger partial charge in [0.1, 0.15) is 0 Å². The summed E-state index contributed by atoms with van der Waals surface area (Å²) in [5.74, 6) is 0.391. The Hall–Kier alpha value is -1.11. The molecule has 6 heteroatoms. The van der Waals surface area contributed by atoms with Gasteiger partial charge in [0.25, 0.3) is 0 Å². The Labute approximate surface area is 120 Å². The Bertz CT molecular complexity index is 523. The molecule has 2 aromatic rings. The van der Waals surface area contributed by atoms with Gasteiger partial charge in [-0.25, -0.2) is 4.98 Å². The summed E-state index contributed by atoms with van der Waals surface area (Å²) < 4.78 is 7.05. The van der Waals surface area contributed by atoms with E-state index in [-0.39, 0.29) is 11.9 Å². The van der Waals surface area contributed by atoms with Gasteiger partial charge in [-0.2, -0.15) is 0 Å². The third-order valence-corrected chi connectivity index (χ3v) is 4.60. The van der Waals surface area contributed by atoms with Crippen LogP contribution in [0.25, 0.3) is 10.2 Å². The Morgan fingerprint density at radius 1 is 1.53 bits per heavy atom. The van der Waals surface area contributed by atoms with E-state index in [1.807, 2.05) is 31.2 Å². The summed E-state index contributed by atoms with van der Waals surface area (Å²) in [4.78, 5) is 16.2. The molecule has 2 rings (SSSR count). The van der Waals surface area contributed by atoms with Crippen LogP contribution in [-0.4, -0.2) is 36.4 Å². The van der Waals surface area contributed by atoms with Crippen LogP contribution in [0.15, 0.2) is 28.6 Å². The summed E-state index contributed by atoms with van der Waals surface area (Å²) in [6.45, 7) is 2.45. The lowest BCUT2D eigenvalue weighted by Gasteiger charge is -2.11. The van der Waals surface area contributed by atoms with Gasteiger partial charge in [-0.15, -0.1) is 11.3 Å². The predicted molar refractivity (Wildman–Crippen MR) is 79.8 cm³/mol. The maximum Gasteiger partial charge on any atom is 0.230 e. The fraction of sp³-hybridized carbons (Fsp3) is 0.385. The lowest BCUT2D eigenvalue weighted by molar-refractivity contribution is -0.119. The van der Waals surface area contributed by atoms with Crippen molar-refractivity contribution in [3.05, 3.63) is 24.3 Å². The number of aromatic nitrogens is 1. The Kier molecular flexibility index (Phi) is 5.18. The zero-order valence-electron chi connectivity index (χ0n) is 10.9. The average Bonchev–Trinajstić information content (AvgIpc) is 2.79. The number of thioether (sulfide) groups is 1. The lowest BCUT2D eigenvalue weighted by Crippen LogP contribution is -2.36. The standard InChI is InChI=1S/C13H16N2O2S2/c1-9(7-17-2)14-12(16)8-18-13-15-10-5-3-4-6-11(10)19-13/h3-6,9H,7-8H2,1-2H3,(H,14,16). The number of carbonyl (C=O) groups is 1. The minimum absolute atomic E-state index is 0.00815. The van der Waals surface area contributed by atoms with E-state index in [9.17, 15) is 4.79 Å². The number of thiazole rings is 1. The highest BCUT2D eigenvalue weighted by atomic mass is 32.2. The fourth-order valence-corrected chi connectivity index (χ4v) is 3.53. The minimum Gasteiger partial charge on any atom is -0.383 e. The van der Waals surface area contributed by atoms with Crippen molar-refractivity contribution >= 4 is 39.2 Å². The second-order valence-corrected chi connectivity index (χ2v) is 6.41. The second kappa shape index (κ2) is 6.88. The van der Waals surface area contributed by atoms with E-state index in [2.05, 4.69) is 10.3 Å². The molecule has 1 amide bonds. The molecule has 1 aromatic heterocycles. The van der Waals surface area contributed by atoms with Gasteiger partial charge < -0.3 is 10.1 Å². The van der Waals surface area contributed by atoms with Crippen LogP contribution in [0.2, 0.25) is 0 Å².